The first-order valence-corrected chi connectivity index (χ1v) is 12.1. The molecule has 2 aliphatic rings. The number of hydrogen-bond donors (Lipinski definition) is 2. The van der Waals surface area contributed by atoms with Crippen molar-refractivity contribution in [3.8, 4) is 0 Å². The number of para-hydroxylation sites is 1. The fraction of sp³-hybridized carbons (Fsp3) is 0.217. The van der Waals surface area contributed by atoms with Crippen LogP contribution in [0.25, 0.3) is 0 Å². The minimum absolute atomic E-state index is 0.0180. The lowest BCUT2D eigenvalue weighted by molar-refractivity contribution is 0.0983. The number of nitrogens with one attached hydrogen (secondary N) is 2. The van der Waals surface area contributed by atoms with Gasteiger partial charge in [-0.25, -0.2) is 9.97 Å². The average Bonchev–Trinajstić information content (AvgIpc) is 2.79. The van der Waals surface area contributed by atoms with Crippen LogP contribution < -0.4 is 15.5 Å². The number of Topliss-reactive ketones (excluding diaryl/α,β-unsaturated/α-hetero) is 1. The molecule has 1 aromatic heterocycles. The van der Waals surface area contributed by atoms with Gasteiger partial charge in [-0.2, -0.15) is 0 Å². The highest BCUT2D eigenvalue weighted by Gasteiger charge is 2.30. The molecule has 0 unspecified atom stereocenters. The van der Waals surface area contributed by atoms with Crippen LogP contribution in [0.4, 0.5) is 17.3 Å². The molecule has 10 heteroatoms. The van der Waals surface area contributed by atoms with Crippen molar-refractivity contribution in [2.75, 3.05) is 22.6 Å². The Bertz CT molecular complexity index is 1280. The van der Waals surface area contributed by atoms with Gasteiger partial charge in [-0.15, -0.1) is 0 Å². The number of carbonyl (C=O) groups excluding carboxylic acids is 2. The number of ketones is 1. The minimum atomic E-state index is -0.259. The number of thioether (sulfide) groups is 1. The molecule has 0 saturated heterocycles. The van der Waals surface area contributed by atoms with Crippen molar-refractivity contribution in [3.63, 3.8) is 0 Å². The van der Waals surface area contributed by atoms with Crippen molar-refractivity contribution < 1.29 is 9.59 Å². The SMILES string of the molecule is CC(=O)c1cc(Nc2ncc3c(n2)SCN(c2c(Cl)cccc2Cl)C3=O)cc2c1CNCC2. The van der Waals surface area contributed by atoms with Crippen LogP contribution in [0.2, 0.25) is 10.0 Å². The lowest BCUT2D eigenvalue weighted by Gasteiger charge is -2.28. The van der Waals surface area contributed by atoms with E-state index < -0.39 is 0 Å². The third-order valence-corrected chi connectivity index (χ3v) is 7.20. The van der Waals surface area contributed by atoms with Crippen LogP contribution in [-0.4, -0.2) is 34.1 Å². The molecular weight excluding hydrogens is 481 g/mol. The van der Waals surface area contributed by atoms with Crippen molar-refractivity contribution in [1.29, 1.82) is 0 Å². The maximum atomic E-state index is 13.1. The predicted octanol–water partition coefficient (Wildman–Crippen LogP) is 5.09. The second kappa shape index (κ2) is 8.95. The Morgan fingerprint density at radius 2 is 2.03 bits per heavy atom. The van der Waals surface area contributed by atoms with E-state index >= 15 is 0 Å². The van der Waals surface area contributed by atoms with E-state index in [2.05, 4.69) is 20.6 Å². The number of carbonyl (C=O) groups is 2. The quantitative estimate of drug-likeness (QED) is 0.381. The third kappa shape index (κ3) is 4.19. The van der Waals surface area contributed by atoms with E-state index in [0.29, 0.717) is 50.3 Å². The Kier molecular flexibility index (Phi) is 6.01. The number of nitrogens with zero attached hydrogens (tertiary/aromatic N) is 3. The van der Waals surface area contributed by atoms with Crippen LogP contribution in [0.3, 0.4) is 0 Å². The number of rotatable bonds is 4. The molecule has 2 aliphatic heterocycles. The molecule has 0 fully saturated rings. The van der Waals surface area contributed by atoms with Crippen LogP contribution in [0.1, 0.15) is 38.8 Å². The second-order valence-electron chi connectivity index (χ2n) is 7.76. The van der Waals surface area contributed by atoms with Gasteiger partial charge < -0.3 is 10.6 Å². The van der Waals surface area contributed by atoms with E-state index in [0.717, 1.165) is 29.8 Å². The van der Waals surface area contributed by atoms with Gasteiger partial charge in [0.15, 0.2) is 5.78 Å². The van der Waals surface area contributed by atoms with Crippen LogP contribution in [0.15, 0.2) is 41.6 Å². The highest BCUT2D eigenvalue weighted by Crippen LogP contribution is 2.39. The number of amides is 1. The highest BCUT2D eigenvalue weighted by atomic mass is 35.5. The lowest BCUT2D eigenvalue weighted by Crippen LogP contribution is -2.35. The second-order valence-corrected chi connectivity index (χ2v) is 9.51. The monoisotopic (exact) mass is 499 g/mol. The Morgan fingerprint density at radius 3 is 2.79 bits per heavy atom. The summed E-state index contributed by atoms with van der Waals surface area (Å²) in [5.74, 6) is 0.447. The molecule has 0 aliphatic carbocycles. The number of fused-ring (bicyclic) bond motifs is 2. The lowest BCUT2D eigenvalue weighted by atomic mass is 9.93. The fourth-order valence-corrected chi connectivity index (χ4v) is 5.59. The predicted molar refractivity (Wildman–Crippen MR) is 131 cm³/mol. The summed E-state index contributed by atoms with van der Waals surface area (Å²) in [6, 6.07) is 8.99. The number of aromatic nitrogens is 2. The zero-order valence-electron chi connectivity index (χ0n) is 17.6. The Hall–Kier alpha value is -2.65. The maximum absolute atomic E-state index is 13.1. The number of anilines is 3. The summed E-state index contributed by atoms with van der Waals surface area (Å²) in [6.07, 6.45) is 2.35. The Balaban J connectivity index is 1.43. The molecule has 0 saturated carbocycles. The van der Waals surface area contributed by atoms with Crippen LogP contribution in [0.5, 0.6) is 0 Å². The largest absolute Gasteiger partial charge is 0.324 e. The molecule has 0 spiro atoms. The Morgan fingerprint density at radius 1 is 1.24 bits per heavy atom. The summed E-state index contributed by atoms with van der Waals surface area (Å²) < 4.78 is 0. The molecule has 0 atom stereocenters. The smallest absolute Gasteiger partial charge is 0.263 e. The molecule has 7 nitrogen and oxygen atoms in total. The van der Waals surface area contributed by atoms with E-state index in [9.17, 15) is 9.59 Å². The molecule has 2 N–H and O–H groups in total. The van der Waals surface area contributed by atoms with Gasteiger partial charge in [0, 0.05) is 24.0 Å². The van der Waals surface area contributed by atoms with Crippen LogP contribution in [-0.2, 0) is 13.0 Å². The summed E-state index contributed by atoms with van der Waals surface area (Å²) in [4.78, 5) is 35.7. The van der Waals surface area contributed by atoms with Gasteiger partial charge >= 0.3 is 0 Å². The van der Waals surface area contributed by atoms with Gasteiger partial charge in [0.1, 0.15) is 5.03 Å². The normalized spacial score (nSPS) is 15.1. The molecule has 168 valence electrons. The number of halogens is 2. The molecule has 3 aromatic rings. The van der Waals surface area contributed by atoms with E-state index in [1.807, 2.05) is 12.1 Å². The zero-order chi connectivity index (χ0) is 23.1. The summed E-state index contributed by atoms with van der Waals surface area (Å²) >= 11 is 14.0. The van der Waals surface area contributed by atoms with Crippen molar-refractivity contribution in [2.45, 2.75) is 24.9 Å². The standard InChI is InChI=1S/C23H19Cl2N5O2S/c1-12(31)15-8-14(7-13-5-6-26-9-16(13)15)28-23-27-10-17-21(29-23)33-11-30(22(17)32)20-18(24)3-2-4-19(20)25/h2-4,7-8,10,26H,5-6,9,11H2,1H3,(H,27,28,29). The van der Waals surface area contributed by atoms with Gasteiger partial charge in [0.2, 0.25) is 5.95 Å². The molecular formula is C23H19Cl2N5O2S. The van der Waals surface area contributed by atoms with Crippen molar-refractivity contribution in [2.24, 2.45) is 0 Å². The first kappa shape index (κ1) is 22.2. The topological polar surface area (TPSA) is 87.2 Å². The van der Waals surface area contributed by atoms with Gasteiger partial charge in [-0.3, -0.25) is 14.5 Å². The van der Waals surface area contributed by atoms with Crippen molar-refractivity contribution >= 4 is 64.0 Å². The fourth-order valence-electron chi connectivity index (χ4n) is 4.04. The number of benzene rings is 2. The van der Waals surface area contributed by atoms with Gasteiger partial charge in [0.25, 0.3) is 5.91 Å². The molecule has 1 amide bonds. The van der Waals surface area contributed by atoms with E-state index in [4.69, 9.17) is 23.2 Å². The van der Waals surface area contributed by atoms with Gasteiger partial charge in [-0.1, -0.05) is 41.0 Å². The molecule has 2 aromatic carbocycles. The van der Waals surface area contributed by atoms with E-state index in [1.54, 1.807) is 25.1 Å². The first-order chi connectivity index (χ1) is 15.9. The van der Waals surface area contributed by atoms with E-state index in [-0.39, 0.29) is 11.7 Å². The summed E-state index contributed by atoms with van der Waals surface area (Å²) in [6.45, 7) is 3.13. The zero-order valence-corrected chi connectivity index (χ0v) is 19.9. The number of hydrogen-bond acceptors (Lipinski definition) is 7. The molecule has 0 radical (unpaired) electrons. The van der Waals surface area contributed by atoms with Gasteiger partial charge in [-0.05, 0) is 55.3 Å². The van der Waals surface area contributed by atoms with Gasteiger partial charge in [0.05, 0.1) is 27.2 Å². The Labute approximate surface area is 204 Å². The van der Waals surface area contributed by atoms with Crippen molar-refractivity contribution in [3.05, 3.63) is 68.8 Å². The van der Waals surface area contributed by atoms with Crippen LogP contribution >= 0.6 is 35.0 Å². The summed E-state index contributed by atoms with van der Waals surface area (Å²) in [5.41, 5.74) is 4.48. The van der Waals surface area contributed by atoms with E-state index in [1.165, 1.54) is 22.9 Å². The maximum Gasteiger partial charge on any atom is 0.263 e. The van der Waals surface area contributed by atoms with Crippen LogP contribution in [0, 0.1) is 0 Å². The average molecular weight is 500 g/mol. The molecule has 0 bridgehead atoms. The first-order valence-electron chi connectivity index (χ1n) is 10.3. The molecule has 33 heavy (non-hydrogen) atoms. The minimum Gasteiger partial charge on any atom is -0.324 e. The molecule has 3 heterocycles. The summed E-state index contributed by atoms with van der Waals surface area (Å²) in [7, 11) is 0. The third-order valence-electron chi connectivity index (χ3n) is 5.62. The molecule has 5 rings (SSSR count). The highest BCUT2D eigenvalue weighted by molar-refractivity contribution is 7.99. The summed E-state index contributed by atoms with van der Waals surface area (Å²) in [5, 5.41) is 7.90. The van der Waals surface area contributed by atoms with Crippen molar-refractivity contribution in [1.82, 2.24) is 15.3 Å².